The molecule has 6 heteroatoms. The van der Waals surface area contributed by atoms with E-state index in [1.165, 1.54) is 0 Å². The van der Waals surface area contributed by atoms with Gasteiger partial charge >= 0.3 is 6.03 Å². The fraction of sp³-hybridized carbons (Fsp3) is 0.412. The van der Waals surface area contributed by atoms with Gasteiger partial charge in [-0.15, -0.1) is 0 Å². The average Bonchev–Trinajstić information content (AvgIpc) is 3.08. The number of nitrogens with one attached hydrogen (secondary N) is 2. The Bertz CT molecular complexity index is 642. The number of anilines is 1. The summed E-state index contributed by atoms with van der Waals surface area (Å²) in [4.78, 5) is 12.1. The normalized spacial score (nSPS) is 20.9. The topological polar surface area (TPSA) is 79.2 Å². The van der Waals surface area contributed by atoms with Crippen LogP contribution in [0.15, 0.2) is 42.7 Å². The average molecular weight is 314 g/mol. The van der Waals surface area contributed by atoms with Crippen LogP contribution in [0, 0.1) is 5.92 Å². The van der Waals surface area contributed by atoms with Crippen LogP contribution in [0.3, 0.4) is 0 Å². The summed E-state index contributed by atoms with van der Waals surface area (Å²) in [6.45, 7) is 0.590. The van der Waals surface area contributed by atoms with Crippen molar-refractivity contribution in [3.8, 4) is 5.69 Å². The van der Waals surface area contributed by atoms with E-state index >= 15 is 0 Å². The van der Waals surface area contributed by atoms with Crippen molar-refractivity contribution in [2.24, 2.45) is 5.92 Å². The van der Waals surface area contributed by atoms with Gasteiger partial charge in [-0.1, -0.05) is 18.6 Å². The standard InChI is InChI=1S/C17H22N4O2/c22-14-6-3-5-13(11-14)12-18-17(23)20-15-7-1-2-8-16(15)21-10-4-9-19-21/h1-2,4,7-10,13-14,22H,3,5-6,11-12H2,(H2,18,20,23). The summed E-state index contributed by atoms with van der Waals surface area (Å²) in [5.74, 6) is 0.353. The van der Waals surface area contributed by atoms with Gasteiger partial charge in [0.15, 0.2) is 0 Å². The predicted octanol–water partition coefficient (Wildman–Crippen LogP) is 2.54. The van der Waals surface area contributed by atoms with Crippen molar-refractivity contribution < 1.29 is 9.90 Å². The molecule has 2 aromatic rings. The highest BCUT2D eigenvalue weighted by atomic mass is 16.3. The molecule has 2 atom stereocenters. The maximum atomic E-state index is 12.1. The van der Waals surface area contributed by atoms with Crippen LogP contribution in [0.25, 0.3) is 5.69 Å². The van der Waals surface area contributed by atoms with Crippen LogP contribution in [0.2, 0.25) is 0 Å². The number of rotatable bonds is 4. The Kier molecular flexibility index (Phi) is 4.92. The van der Waals surface area contributed by atoms with E-state index in [-0.39, 0.29) is 12.1 Å². The highest BCUT2D eigenvalue weighted by Gasteiger charge is 2.20. The molecule has 3 N–H and O–H groups in total. The molecule has 1 aliphatic rings. The summed E-state index contributed by atoms with van der Waals surface area (Å²) >= 11 is 0. The molecular formula is C17H22N4O2. The molecule has 1 aromatic carbocycles. The number of aliphatic hydroxyl groups is 1. The summed E-state index contributed by atoms with van der Waals surface area (Å²) < 4.78 is 1.72. The lowest BCUT2D eigenvalue weighted by atomic mass is 9.87. The Balaban J connectivity index is 1.58. The highest BCUT2D eigenvalue weighted by Crippen LogP contribution is 2.23. The second-order valence-electron chi connectivity index (χ2n) is 5.99. The minimum atomic E-state index is -0.232. The zero-order valence-electron chi connectivity index (χ0n) is 13.0. The van der Waals surface area contributed by atoms with Gasteiger partial charge in [-0.3, -0.25) is 0 Å². The van der Waals surface area contributed by atoms with E-state index < -0.39 is 0 Å². The number of carbonyl (C=O) groups excluding carboxylic acids is 1. The first kappa shape index (κ1) is 15.6. The molecule has 0 bridgehead atoms. The highest BCUT2D eigenvalue weighted by molar-refractivity contribution is 5.91. The van der Waals surface area contributed by atoms with E-state index in [1.807, 2.05) is 36.5 Å². The zero-order chi connectivity index (χ0) is 16.1. The number of carbonyl (C=O) groups is 1. The smallest absolute Gasteiger partial charge is 0.319 e. The molecule has 122 valence electrons. The Morgan fingerprint density at radius 1 is 1.30 bits per heavy atom. The number of aromatic nitrogens is 2. The van der Waals surface area contributed by atoms with Crippen LogP contribution in [-0.4, -0.2) is 33.6 Å². The van der Waals surface area contributed by atoms with Gasteiger partial charge in [-0.05, 0) is 43.4 Å². The van der Waals surface area contributed by atoms with Gasteiger partial charge in [0.2, 0.25) is 0 Å². The third-order valence-corrected chi connectivity index (χ3v) is 4.21. The van der Waals surface area contributed by atoms with Crippen LogP contribution in [0.5, 0.6) is 0 Å². The predicted molar refractivity (Wildman–Crippen MR) is 88.6 cm³/mol. The first-order chi connectivity index (χ1) is 11.2. The first-order valence-corrected chi connectivity index (χ1v) is 8.04. The number of aliphatic hydroxyl groups excluding tert-OH is 1. The van der Waals surface area contributed by atoms with E-state index in [9.17, 15) is 9.90 Å². The minimum Gasteiger partial charge on any atom is -0.393 e. The van der Waals surface area contributed by atoms with Gasteiger partial charge in [0.05, 0.1) is 17.5 Å². The Morgan fingerprint density at radius 3 is 2.96 bits per heavy atom. The maximum Gasteiger partial charge on any atom is 0.319 e. The van der Waals surface area contributed by atoms with Gasteiger partial charge in [-0.25, -0.2) is 9.48 Å². The first-order valence-electron chi connectivity index (χ1n) is 8.04. The molecule has 0 radical (unpaired) electrons. The third kappa shape index (κ3) is 4.10. The lowest BCUT2D eigenvalue weighted by Gasteiger charge is -2.26. The zero-order valence-corrected chi connectivity index (χ0v) is 13.0. The Morgan fingerprint density at radius 2 is 2.17 bits per heavy atom. The van der Waals surface area contributed by atoms with Crippen LogP contribution >= 0.6 is 0 Å². The number of hydrogen-bond acceptors (Lipinski definition) is 3. The Hall–Kier alpha value is -2.34. The molecule has 0 aliphatic heterocycles. The van der Waals surface area contributed by atoms with Gasteiger partial charge in [0, 0.05) is 18.9 Å². The summed E-state index contributed by atoms with van der Waals surface area (Å²) in [5.41, 5.74) is 1.53. The van der Waals surface area contributed by atoms with Crippen LogP contribution in [-0.2, 0) is 0 Å². The Labute approximate surface area is 135 Å². The van der Waals surface area contributed by atoms with Gasteiger partial charge in [0.1, 0.15) is 0 Å². The summed E-state index contributed by atoms with van der Waals surface area (Å²) in [6.07, 6.45) is 7.04. The van der Waals surface area contributed by atoms with E-state index in [2.05, 4.69) is 15.7 Å². The molecule has 1 saturated carbocycles. The lowest BCUT2D eigenvalue weighted by Crippen LogP contribution is -2.35. The monoisotopic (exact) mass is 314 g/mol. The minimum absolute atomic E-state index is 0.223. The summed E-state index contributed by atoms with van der Waals surface area (Å²) in [5, 5.41) is 19.7. The number of hydrogen-bond donors (Lipinski definition) is 3. The van der Waals surface area contributed by atoms with Crippen molar-refractivity contribution in [1.29, 1.82) is 0 Å². The quantitative estimate of drug-likeness (QED) is 0.811. The molecule has 6 nitrogen and oxygen atoms in total. The van der Waals surface area contributed by atoms with Crippen molar-refractivity contribution in [2.45, 2.75) is 31.8 Å². The van der Waals surface area contributed by atoms with Gasteiger partial charge in [0.25, 0.3) is 0 Å². The number of amides is 2. The lowest BCUT2D eigenvalue weighted by molar-refractivity contribution is 0.101. The van der Waals surface area contributed by atoms with Crippen molar-refractivity contribution in [2.75, 3.05) is 11.9 Å². The molecule has 0 saturated heterocycles. The fourth-order valence-corrected chi connectivity index (χ4v) is 3.04. The molecular weight excluding hydrogens is 292 g/mol. The van der Waals surface area contributed by atoms with E-state index in [0.29, 0.717) is 18.2 Å². The van der Waals surface area contributed by atoms with Crippen LogP contribution in [0.4, 0.5) is 10.5 Å². The summed E-state index contributed by atoms with van der Waals surface area (Å²) in [7, 11) is 0. The van der Waals surface area contributed by atoms with Crippen molar-refractivity contribution in [3.05, 3.63) is 42.7 Å². The molecule has 3 rings (SSSR count). The molecule has 1 fully saturated rings. The molecule has 0 spiro atoms. The number of urea groups is 1. The largest absolute Gasteiger partial charge is 0.393 e. The molecule has 23 heavy (non-hydrogen) atoms. The number of para-hydroxylation sites is 2. The van der Waals surface area contributed by atoms with Gasteiger partial charge in [-0.2, -0.15) is 5.10 Å². The van der Waals surface area contributed by atoms with Crippen LogP contribution in [0.1, 0.15) is 25.7 Å². The van der Waals surface area contributed by atoms with E-state index in [1.54, 1.807) is 10.9 Å². The SMILES string of the molecule is O=C(NCC1CCCC(O)C1)Nc1ccccc1-n1cccn1. The molecule has 1 heterocycles. The molecule has 1 aliphatic carbocycles. The third-order valence-electron chi connectivity index (χ3n) is 4.21. The van der Waals surface area contributed by atoms with Crippen molar-refractivity contribution in [3.63, 3.8) is 0 Å². The number of nitrogens with zero attached hydrogens (tertiary/aromatic N) is 2. The van der Waals surface area contributed by atoms with Crippen molar-refractivity contribution in [1.82, 2.24) is 15.1 Å². The summed E-state index contributed by atoms with van der Waals surface area (Å²) in [6, 6.07) is 9.14. The second kappa shape index (κ2) is 7.28. The van der Waals surface area contributed by atoms with Crippen LogP contribution < -0.4 is 10.6 Å². The fourth-order valence-electron chi connectivity index (χ4n) is 3.04. The second-order valence-corrected chi connectivity index (χ2v) is 5.99. The van der Waals surface area contributed by atoms with Crippen molar-refractivity contribution >= 4 is 11.7 Å². The molecule has 2 amide bonds. The molecule has 2 unspecified atom stereocenters. The number of benzene rings is 1. The molecule has 1 aromatic heterocycles. The van der Waals surface area contributed by atoms with Gasteiger partial charge < -0.3 is 15.7 Å². The van der Waals surface area contributed by atoms with E-state index in [4.69, 9.17) is 0 Å². The van der Waals surface area contributed by atoms with E-state index in [0.717, 1.165) is 31.4 Å². The maximum absolute atomic E-state index is 12.1.